The quantitative estimate of drug-likeness (QED) is 0.133. The van der Waals surface area contributed by atoms with E-state index in [1.54, 1.807) is 22.3 Å². The predicted octanol–water partition coefficient (Wildman–Crippen LogP) is 17.3. The number of allylic oxidation sites excluding steroid dienone is 11. The van der Waals surface area contributed by atoms with E-state index < -0.39 is 0 Å². The summed E-state index contributed by atoms with van der Waals surface area (Å²) in [6.07, 6.45) is 40.7. The smallest absolute Gasteiger partial charge is 0.00135 e. The van der Waals surface area contributed by atoms with Gasteiger partial charge in [0.15, 0.2) is 0 Å². The van der Waals surface area contributed by atoms with Crippen LogP contribution in [0.4, 0.5) is 0 Å². The van der Waals surface area contributed by atoms with Crippen molar-refractivity contribution in [2.24, 2.45) is 0 Å². The second-order valence-corrected chi connectivity index (χ2v) is 18.2. The van der Waals surface area contributed by atoms with E-state index in [1.807, 2.05) is 36.4 Å². The van der Waals surface area contributed by atoms with Gasteiger partial charge in [-0.25, -0.2) is 0 Å². The fourth-order valence-corrected chi connectivity index (χ4v) is 9.79. The molecule has 340 valence electrons. The lowest BCUT2D eigenvalue weighted by atomic mass is 10.1. The lowest BCUT2D eigenvalue weighted by Crippen LogP contribution is -2.19. The normalized spacial score (nSPS) is 15.6. The molecule has 0 spiro atoms. The molecule has 15 rings (SSSR count). The van der Waals surface area contributed by atoms with Gasteiger partial charge in [0.2, 0.25) is 0 Å². The van der Waals surface area contributed by atoms with E-state index in [-0.39, 0.29) is 0 Å². The van der Waals surface area contributed by atoms with E-state index >= 15 is 0 Å². The topological polar surface area (TPSA) is 0 Å². The molecule has 0 nitrogen and oxygen atoms in total. The summed E-state index contributed by atoms with van der Waals surface area (Å²) in [6, 6.07) is 63.0. The van der Waals surface area contributed by atoms with Gasteiger partial charge in [-0.05, 0) is 156 Å². The zero-order chi connectivity index (χ0) is 46.3. The summed E-state index contributed by atoms with van der Waals surface area (Å²) in [5.74, 6) is 0. The molecule has 0 heteroatoms. The summed E-state index contributed by atoms with van der Waals surface area (Å²) in [6.45, 7) is 0. The van der Waals surface area contributed by atoms with Crippen LogP contribution in [-0.2, 0) is 12.8 Å². The molecule has 0 saturated carbocycles. The molecule has 8 aliphatic rings. The zero-order valence-corrected chi connectivity index (χ0v) is 40.0. The average Bonchev–Trinajstić information content (AvgIpc) is 4.26. The first-order valence-corrected chi connectivity index (χ1v) is 25.3. The Morgan fingerprint density at radius 1 is 0.309 bits per heavy atom. The molecule has 7 aromatic carbocycles. The van der Waals surface area contributed by atoms with Gasteiger partial charge in [0.25, 0.3) is 0 Å². The highest BCUT2D eigenvalue weighted by Crippen LogP contribution is 2.36. The molecule has 68 heavy (non-hydrogen) atoms. The van der Waals surface area contributed by atoms with Gasteiger partial charge in [0.1, 0.15) is 0 Å². The fraction of sp³-hybridized carbons (Fsp3) is 0.206. The second kappa shape index (κ2) is 26.4. The molecule has 0 radical (unpaired) electrons. The van der Waals surface area contributed by atoms with Gasteiger partial charge in [0, 0.05) is 0 Å². The molecule has 0 aromatic heterocycles. The second-order valence-electron chi connectivity index (χ2n) is 18.2. The molecule has 0 aliphatic heterocycles. The van der Waals surface area contributed by atoms with Crippen LogP contribution in [0.2, 0.25) is 0 Å². The third kappa shape index (κ3) is 14.2. The molecule has 0 fully saturated rings. The van der Waals surface area contributed by atoms with Crippen molar-refractivity contribution < 1.29 is 0 Å². The lowest BCUT2D eigenvalue weighted by Gasteiger charge is -1.98. The predicted molar refractivity (Wildman–Crippen MR) is 296 cm³/mol. The molecule has 0 N–H and O–H groups in total. The van der Waals surface area contributed by atoms with E-state index in [4.69, 9.17) is 0 Å². The van der Waals surface area contributed by atoms with E-state index in [0.29, 0.717) is 0 Å². The molecule has 0 bridgehead atoms. The SMILES string of the molecule is C1=CC2=C(C1)CCC2.C1=CC2=C(C1)CCC2.C1=CCCC1.C1=Cc2ccccc2C1.C1=c2ccccc2=CC1.c1ccc2c(c1)Cc1ccccc1-2.c1ccc2ccccc2c1.c1ccccc1. The third-order valence-electron chi connectivity index (χ3n) is 13.4. The third-order valence-corrected chi connectivity index (χ3v) is 13.4. The molecule has 0 saturated heterocycles. The Morgan fingerprint density at radius 3 is 1.19 bits per heavy atom. The van der Waals surface area contributed by atoms with Crippen LogP contribution < -0.4 is 10.4 Å². The maximum Gasteiger partial charge on any atom is -0.00135 e. The first-order valence-electron chi connectivity index (χ1n) is 25.3. The van der Waals surface area contributed by atoms with Crippen molar-refractivity contribution in [1.29, 1.82) is 0 Å². The number of benzene rings is 7. The Balaban J connectivity index is 0.000000106. The molecule has 0 heterocycles. The van der Waals surface area contributed by atoms with Crippen molar-refractivity contribution in [1.82, 2.24) is 0 Å². The Morgan fingerprint density at radius 2 is 0.735 bits per heavy atom. The Kier molecular flexibility index (Phi) is 18.4. The monoisotopic (exact) mass is 885 g/mol. The lowest BCUT2D eigenvalue weighted by molar-refractivity contribution is 0.882. The highest BCUT2D eigenvalue weighted by atomic mass is 14.2. The van der Waals surface area contributed by atoms with E-state index in [1.165, 1.54) is 125 Å². The number of rotatable bonds is 0. The zero-order valence-electron chi connectivity index (χ0n) is 40.0. The van der Waals surface area contributed by atoms with Crippen molar-refractivity contribution in [2.75, 3.05) is 0 Å². The fourth-order valence-electron chi connectivity index (χ4n) is 9.79. The first kappa shape index (κ1) is 47.5. The summed E-state index contributed by atoms with van der Waals surface area (Å²) in [4.78, 5) is 0. The van der Waals surface area contributed by atoms with Gasteiger partial charge in [-0.2, -0.15) is 0 Å². The van der Waals surface area contributed by atoms with Crippen LogP contribution in [0.5, 0.6) is 0 Å². The minimum absolute atomic E-state index is 1.10. The van der Waals surface area contributed by atoms with Gasteiger partial charge in [0.05, 0.1) is 0 Å². The van der Waals surface area contributed by atoms with E-state index in [9.17, 15) is 0 Å². The van der Waals surface area contributed by atoms with Crippen LogP contribution in [0.3, 0.4) is 0 Å². The van der Waals surface area contributed by atoms with Crippen LogP contribution in [0, 0.1) is 0 Å². The van der Waals surface area contributed by atoms with Crippen LogP contribution in [0.15, 0.2) is 247 Å². The maximum atomic E-state index is 2.29. The number of hydrogen-bond donors (Lipinski definition) is 0. The molecule has 8 aliphatic carbocycles. The molecule has 0 atom stereocenters. The van der Waals surface area contributed by atoms with Crippen LogP contribution >= 0.6 is 0 Å². The van der Waals surface area contributed by atoms with Gasteiger partial charge in [-0.15, -0.1) is 0 Å². The summed E-state index contributed by atoms with van der Waals surface area (Å²) in [7, 11) is 0. The van der Waals surface area contributed by atoms with Crippen molar-refractivity contribution in [3.8, 4) is 11.1 Å². The van der Waals surface area contributed by atoms with Crippen LogP contribution in [0.1, 0.15) is 99.3 Å². The number of fused-ring (bicyclic) bond motifs is 6. The van der Waals surface area contributed by atoms with Crippen LogP contribution in [0.25, 0.3) is 40.1 Å². The van der Waals surface area contributed by atoms with Crippen molar-refractivity contribution in [3.63, 3.8) is 0 Å². The molecular formula is C68H68. The first-order chi connectivity index (χ1) is 33.8. The van der Waals surface area contributed by atoms with Crippen molar-refractivity contribution >= 4 is 29.0 Å². The van der Waals surface area contributed by atoms with Gasteiger partial charge in [-0.1, -0.05) is 254 Å². The highest BCUT2D eigenvalue weighted by molar-refractivity contribution is 5.82. The maximum absolute atomic E-state index is 2.29. The Hall–Kier alpha value is -7.02. The van der Waals surface area contributed by atoms with Gasteiger partial charge in [-0.3, -0.25) is 0 Å². The van der Waals surface area contributed by atoms with Crippen LogP contribution in [-0.4, -0.2) is 0 Å². The molecular weight excluding hydrogens is 817 g/mol. The molecule has 0 amide bonds. The largest absolute Gasteiger partial charge is 0.0885 e. The van der Waals surface area contributed by atoms with E-state index in [2.05, 4.69) is 206 Å². The van der Waals surface area contributed by atoms with Gasteiger partial charge < -0.3 is 0 Å². The summed E-state index contributed by atoms with van der Waals surface area (Å²) in [5.41, 5.74) is 15.3. The summed E-state index contributed by atoms with van der Waals surface area (Å²) >= 11 is 0. The average molecular weight is 885 g/mol. The van der Waals surface area contributed by atoms with E-state index in [0.717, 1.165) is 19.3 Å². The minimum atomic E-state index is 1.10. The van der Waals surface area contributed by atoms with Crippen molar-refractivity contribution in [3.05, 3.63) is 280 Å². The highest BCUT2D eigenvalue weighted by Gasteiger charge is 2.16. The minimum Gasteiger partial charge on any atom is -0.0885 e. The number of hydrogen-bond acceptors (Lipinski definition) is 0. The van der Waals surface area contributed by atoms with Gasteiger partial charge >= 0.3 is 0 Å². The van der Waals surface area contributed by atoms with Crippen molar-refractivity contribution in [2.45, 2.75) is 89.9 Å². The Bertz CT molecular complexity index is 2790. The summed E-state index contributed by atoms with van der Waals surface area (Å²) in [5, 5.41) is 5.39. The summed E-state index contributed by atoms with van der Waals surface area (Å²) < 4.78 is 0. The molecule has 7 aromatic rings. The Labute approximate surface area is 407 Å². The molecule has 0 unspecified atom stereocenters. The standard InChI is InChI=1S/C13H10.C10H8.2C9H8.2C8H10.C6H6.C5H8/c1-3-7-12-10(5-1)9-11-6-2-4-8-13(11)12;1-2-6-10-8-4-3-7-9(10)5-1;2*1-2-5-9-7-3-6-8(9)4-1;2*1-3-7-5-2-6-8(7)4-1;1-2-4-6-5-3-1;1-2-4-5-3-1/h1-8H,9H2;1-8H;1-2,4-7H,3H2;1-6H,7H2;2*1,3H,2,4-6H2;1-6H;1-2H,3-5H2.